The molecule has 0 spiro atoms. The number of rotatable bonds is 25. The van der Waals surface area contributed by atoms with Crippen LogP contribution in [0.3, 0.4) is 0 Å². The Morgan fingerprint density at radius 3 is 1.12 bits per heavy atom. The molecule has 1 heteroatoms. The summed E-state index contributed by atoms with van der Waals surface area (Å²) in [4.78, 5) is 0. The van der Waals surface area contributed by atoms with Gasteiger partial charge >= 0.3 is 0 Å². The molecule has 0 bridgehead atoms. The van der Waals surface area contributed by atoms with Gasteiger partial charge in [0.1, 0.15) is 6.54 Å². The number of hydrogen-bond donors (Lipinski definition) is 0. The van der Waals surface area contributed by atoms with E-state index in [0.29, 0.717) is 0 Å². The number of pyridine rings is 1. The molecule has 198 valence electrons. The van der Waals surface area contributed by atoms with Crippen LogP contribution >= 0.6 is 0 Å². The Morgan fingerprint density at radius 1 is 0.412 bits per heavy atom. The van der Waals surface area contributed by atoms with Gasteiger partial charge in [-0.05, 0) is 38.2 Å². The molecule has 0 amide bonds. The van der Waals surface area contributed by atoms with Crippen LogP contribution in [0.15, 0.2) is 18.5 Å². The van der Waals surface area contributed by atoms with E-state index in [1.165, 1.54) is 161 Å². The SMILES string of the molecule is CCCCCCCCCCCCCCCCCC[n+]1cc(CCCCC)cc(CCCCC)c1. The van der Waals surface area contributed by atoms with Gasteiger partial charge in [0.05, 0.1) is 0 Å². The molecule has 1 rings (SSSR count). The van der Waals surface area contributed by atoms with E-state index in [1.807, 2.05) is 0 Å². The first kappa shape index (κ1) is 31.2. The van der Waals surface area contributed by atoms with Gasteiger partial charge in [-0.3, -0.25) is 0 Å². The highest BCUT2D eigenvalue weighted by Gasteiger charge is 2.08. The fourth-order valence-corrected chi connectivity index (χ4v) is 5.18. The second kappa shape index (κ2) is 23.9. The maximum Gasteiger partial charge on any atom is 0.171 e. The maximum absolute atomic E-state index is 2.52. The molecule has 0 saturated heterocycles. The van der Waals surface area contributed by atoms with Crippen molar-refractivity contribution >= 4 is 0 Å². The van der Waals surface area contributed by atoms with Crippen LogP contribution in [0.5, 0.6) is 0 Å². The summed E-state index contributed by atoms with van der Waals surface area (Å²) >= 11 is 0. The molecule has 0 fully saturated rings. The Bertz CT molecular complexity index is 521. The minimum absolute atomic E-state index is 1.21. The van der Waals surface area contributed by atoms with E-state index in [1.54, 1.807) is 11.1 Å². The van der Waals surface area contributed by atoms with Crippen LogP contribution in [-0.2, 0) is 19.4 Å². The summed E-state index contributed by atoms with van der Waals surface area (Å²) in [5, 5.41) is 0. The fourth-order valence-electron chi connectivity index (χ4n) is 5.18. The molecule has 0 aliphatic carbocycles. The Morgan fingerprint density at radius 2 is 0.735 bits per heavy atom. The van der Waals surface area contributed by atoms with Gasteiger partial charge in [-0.15, -0.1) is 0 Å². The molecule has 0 saturated carbocycles. The highest BCUT2D eigenvalue weighted by atomic mass is 14.9. The lowest BCUT2D eigenvalue weighted by atomic mass is 10.0. The highest BCUT2D eigenvalue weighted by molar-refractivity contribution is 5.15. The normalized spacial score (nSPS) is 11.4. The molecule has 0 radical (unpaired) electrons. The Labute approximate surface area is 215 Å². The zero-order chi connectivity index (χ0) is 24.5. The molecule has 0 aromatic carbocycles. The number of aromatic nitrogens is 1. The minimum Gasteiger partial charge on any atom is -0.205 e. The third kappa shape index (κ3) is 18.5. The summed E-state index contributed by atoms with van der Waals surface area (Å²) in [6, 6.07) is 2.50. The maximum atomic E-state index is 2.52. The Hall–Kier alpha value is -0.850. The van der Waals surface area contributed by atoms with Gasteiger partial charge in [0, 0.05) is 17.5 Å². The van der Waals surface area contributed by atoms with Gasteiger partial charge < -0.3 is 0 Å². The molecule has 1 aromatic rings. The molecule has 1 heterocycles. The predicted octanol–water partition coefficient (Wildman–Crippen LogP) is 10.7. The van der Waals surface area contributed by atoms with E-state index in [2.05, 4.69) is 43.8 Å². The average Bonchev–Trinajstić information content (AvgIpc) is 2.84. The third-order valence-corrected chi connectivity index (χ3v) is 7.44. The zero-order valence-corrected chi connectivity index (χ0v) is 23.9. The highest BCUT2D eigenvalue weighted by Crippen LogP contribution is 2.14. The quantitative estimate of drug-likeness (QED) is 0.0983. The van der Waals surface area contributed by atoms with Gasteiger partial charge in [0.2, 0.25) is 0 Å². The van der Waals surface area contributed by atoms with E-state index in [-0.39, 0.29) is 0 Å². The largest absolute Gasteiger partial charge is 0.205 e. The van der Waals surface area contributed by atoms with Crippen molar-refractivity contribution in [1.82, 2.24) is 0 Å². The van der Waals surface area contributed by atoms with Gasteiger partial charge in [-0.2, -0.15) is 0 Å². The molecule has 0 aliphatic rings. The predicted molar refractivity (Wildman–Crippen MR) is 153 cm³/mol. The lowest BCUT2D eigenvalue weighted by Gasteiger charge is -2.06. The van der Waals surface area contributed by atoms with Crippen molar-refractivity contribution in [1.29, 1.82) is 0 Å². The Balaban J connectivity index is 2.09. The van der Waals surface area contributed by atoms with E-state index in [4.69, 9.17) is 0 Å². The standard InChI is InChI=1S/C33H62N/c1-4-7-10-11-12-13-14-15-16-17-18-19-20-21-22-25-28-34-30-32(26-23-8-5-2)29-33(31-34)27-24-9-6-3/h29-31H,4-28H2,1-3H3/q+1. The van der Waals surface area contributed by atoms with Crippen molar-refractivity contribution in [2.24, 2.45) is 0 Å². The van der Waals surface area contributed by atoms with Gasteiger partial charge in [-0.1, -0.05) is 136 Å². The molecule has 0 aliphatic heterocycles. The molecular formula is C33H62N+. The Kier molecular flexibility index (Phi) is 21.9. The first-order valence-corrected chi connectivity index (χ1v) is 15.8. The average molecular weight is 473 g/mol. The summed E-state index contributed by atoms with van der Waals surface area (Å²) in [7, 11) is 0. The monoisotopic (exact) mass is 472 g/mol. The van der Waals surface area contributed by atoms with Crippen molar-refractivity contribution < 1.29 is 4.57 Å². The molecule has 1 nitrogen and oxygen atoms in total. The smallest absolute Gasteiger partial charge is 0.171 e. The fraction of sp³-hybridized carbons (Fsp3) is 0.848. The second-order valence-electron chi connectivity index (χ2n) is 11.0. The van der Waals surface area contributed by atoms with Crippen molar-refractivity contribution in [2.75, 3.05) is 0 Å². The summed E-state index contributed by atoms with van der Waals surface area (Å²) in [6.07, 6.45) is 38.6. The zero-order valence-electron chi connectivity index (χ0n) is 23.9. The van der Waals surface area contributed by atoms with Crippen molar-refractivity contribution in [3.05, 3.63) is 29.6 Å². The molecule has 0 atom stereocenters. The number of hydrogen-bond acceptors (Lipinski definition) is 0. The van der Waals surface area contributed by atoms with E-state index < -0.39 is 0 Å². The minimum atomic E-state index is 1.21. The van der Waals surface area contributed by atoms with E-state index in [9.17, 15) is 0 Å². The first-order valence-electron chi connectivity index (χ1n) is 15.8. The summed E-state index contributed by atoms with van der Waals surface area (Å²) in [5.41, 5.74) is 3.14. The third-order valence-electron chi connectivity index (χ3n) is 7.44. The molecular weight excluding hydrogens is 410 g/mol. The van der Waals surface area contributed by atoms with E-state index in [0.717, 1.165) is 0 Å². The number of aryl methyl sites for hydroxylation is 3. The topological polar surface area (TPSA) is 3.88 Å². The van der Waals surface area contributed by atoms with Crippen molar-refractivity contribution in [2.45, 2.75) is 181 Å². The van der Waals surface area contributed by atoms with Crippen LogP contribution in [0.4, 0.5) is 0 Å². The van der Waals surface area contributed by atoms with Gasteiger partial charge in [0.25, 0.3) is 0 Å². The van der Waals surface area contributed by atoms with Crippen LogP contribution < -0.4 is 4.57 Å². The number of unbranched alkanes of at least 4 members (excludes halogenated alkanes) is 19. The summed E-state index contributed by atoms with van der Waals surface area (Å²) in [6.45, 7) is 8.12. The van der Waals surface area contributed by atoms with E-state index >= 15 is 0 Å². The first-order chi connectivity index (χ1) is 16.8. The van der Waals surface area contributed by atoms with Crippen LogP contribution in [-0.4, -0.2) is 0 Å². The van der Waals surface area contributed by atoms with Gasteiger partial charge in [-0.25, -0.2) is 4.57 Å². The number of nitrogens with zero attached hydrogens (tertiary/aromatic N) is 1. The molecule has 1 aromatic heterocycles. The lowest BCUT2D eigenvalue weighted by molar-refractivity contribution is -0.698. The van der Waals surface area contributed by atoms with Crippen LogP contribution in [0.2, 0.25) is 0 Å². The van der Waals surface area contributed by atoms with Crippen LogP contribution in [0.1, 0.15) is 173 Å². The van der Waals surface area contributed by atoms with Crippen molar-refractivity contribution in [3.63, 3.8) is 0 Å². The van der Waals surface area contributed by atoms with Crippen LogP contribution in [0.25, 0.3) is 0 Å². The molecule has 0 unspecified atom stereocenters. The second-order valence-corrected chi connectivity index (χ2v) is 11.0. The molecule has 34 heavy (non-hydrogen) atoms. The summed E-state index contributed by atoms with van der Waals surface area (Å²) in [5.74, 6) is 0. The lowest BCUT2D eigenvalue weighted by Crippen LogP contribution is -2.34. The molecule has 0 N–H and O–H groups in total. The summed E-state index contributed by atoms with van der Waals surface area (Å²) < 4.78 is 2.52. The van der Waals surface area contributed by atoms with Crippen molar-refractivity contribution in [3.8, 4) is 0 Å². The van der Waals surface area contributed by atoms with Crippen LogP contribution in [0, 0.1) is 0 Å². The van der Waals surface area contributed by atoms with Gasteiger partial charge in [0.15, 0.2) is 12.4 Å².